The van der Waals surface area contributed by atoms with E-state index in [1.165, 1.54) is 57.8 Å². The highest BCUT2D eigenvalue weighted by molar-refractivity contribution is 7.47. The van der Waals surface area contributed by atoms with Gasteiger partial charge in [0.15, 0.2) is 6.10 Å². The van der Waals surface area contributed by atoms with Gasteiger partial charge in [-0.05, 0) is 96.3 Å². The second-order valence-corrected chi connectivity index (χ2v) is 18.1. The molecule has 0 rings (SSSR count). The van der Waals surface area contributed by atoms with Gasteiger partial charge in [-0.3, -0.25) is 18.6 Å². The Morgan fingerprint density at radius 2 is 0.846 bits per heavy atom. The summed E-state index contributed by atoms with van der Waals surface area (Å²) < 4.78 is 32.9. The second-order valence-electron chi connectivity index (χ2n) is 16.7. The van der Waals surface area contributed by atoms with E-state index in [0.29, 0.717) is 12.8 Å². The van der Waals surface area contributed by atoms with Gasteiger partial charge < -0.3 is 20.1 Å². The number of hydrogen-bond donors (Lipinski definition) is 2. The van der Waals surface area contributed by atoms with Crippen molar-refractivity contribution in [2.75, 3.05) is 26.4 Å². The summed E-state index contributed by atoms with van der Waals surface area (Å²) in [4.78, 5) is 35.1. The van der Waals surface area contributed by atoms with Gasteiger partial charge in [-0.2, -0.15) is 0 Å². The van der Waals surface area contributed by atoms with Crippen molar-refractivity contribution in [1.29, 1.82) is 0 Å². The summed E-state index contributed by atoms with van der Waals surface area (Å²) in [6.45, 7) is 3.58. The zero-order valence-corrected chi connectivity index (χ0v) is 42.1. The first-order chi connectivity index (χ1) is 31.8. The van der Waals surface area contributed by atoms with Gasteiger partial charge in [0.2, 0.25) is 0 Å². The van der Waals surface area contributed by atoms with Gasteiger partial charge in [-0.15, -0.1) is 0 Å². The lowest BCUT2D eigenvalue weighted by molar-refractivity contribution is -0.161. The van der Waals surface area contributed by atoms with Gasteiger partial charge in [0.05, 0.1) is 13.2 Å². The van der Waals surface area contributed by atoms with Gasteiger partial charge in [0.25, 0.3) is 0 Å². The Morgan fingerprint density at radius 3 is 1.26 bits per heavy atom. The fraction of sp³-hybridized carbons (Fsp3) is 0.673. The normalized spacial score (nSPS) is 14.0. The summed E-state index contributed by atoms with van der Waals surface area (Å²) in [6.07, 6.45) is 65.8. The van der Waals surface area contributed by atoms with Crippen LogP contribution >= 0.6 is 7.82 Å². The number of carbonyl (C=O) groups is 2. The molecule has 0 saturated carbocycles. The number of esters is 2. The number of ether oxygens (including phenoxy) is 2. The Hall–Kier alpha value is -3.07. The molecule has 0 radical (unpaired) electrons. The van der Waals surface area contributed by atoms with Gasteiger partial charge in [0.1, 0.15) is 6.61 Å². The van der Waals surface area contributed by atoms with Crippen molar-refractivity contribution in [2.45, 2.75) is 213 Å². The number of carbonyl (C=O) groups excluding carboxylic acids is 2. The molecule has 0 bridgehead atoms. The van der Waals surface area contributed by atoms with Crippen LogP contribution in [0.2, 0.25) is 0 Å². The first kappa shape index (κ1) is 61.9. The monoisotopic (exact) mass is 928 g/mol. The molecule has 0 aliphatic rings. The minimum Gasteiger partial charge on any atom is -0.462 e. The number of allylic oxidation sites excluding steroid dienone is 16. The first-order valence-corrected chi connectivity index (χ1v) is 27.2. The largest absolute Gasteiger partial charge is 0.472 e. The molecule has 0 fully saturated rings. The highest BCUT2D eigenvalue weighted by Gasteiger charge is 2.26. The second kappa shape index (κ2) is 50.3. The van der Waals surface area contributed by atoms with Crippen molar-refractivity contribution in [3.8, 4) is 0 Å². The van der Waals surface area contributed by atoms with E-state index in [0.717, 1.165) is 109 Å². The SMILES string of the molecule is CC/C=C\C/C=C\C/C=C\C/C=C\C/C=C\CCCCCCCCCC(=O)OC(COC(=O)CCCCCCCC/C=C\C/C=C\C/C=C\CCCCCCC)COP(=O)(O)OCCN. The molecule has 0 aliphatic heterocycles. The molecular weight excluding hydrogens is 834 g/mol. The Kier molecular flexibility index (Phi) is 48.0. The van der Waals surface area contributed by atoms with E-state index >= 15 is 0 Å². The molecule has 0 aromatic rings. The molecule has 3 N–H and O–H groups in total. The summed E-state index contributed by atoms with van der Waals surface area (Å²) in [5, 5.41) is 0. The third-order valence-electron chi connectivity index (χ3n) is 10.5. The average Bonchev–Trinajstić information content (AvgIpc) is 3.30. The standard InChI is InChI=1S/C55H94NO8P/c1-3-5-7-9-11-13-15-17-19-21-23-25-26-28-30-32-34-36-38-40-42-44-46-48-55(58)64-53(52-63-65(59,60)62-50-49-56)51-61-54(57)47-45-43-41-39-37-35-33-31-29-27-24-22-20-18-16-14-12-10-8-6-4-2/h5,7,11,13,16-19,22-25,28-31,53H,3-4,6,8-10,12,14-15,20-21,26-27,32-52,56H2,1-2H3,(H,59,60)/b7-5-,13-11-,18-16-,19-17-,24-22-,25-23-,30-28-,31-29-. The minimum atomic E-state index is -4.40. The average molecular weight is 928 g/mol. The van der Waals surface area contributed by atoms with Crippen LogP contribution in [0.15, 0.2) is 97.2 Å². The van der Waals surface area contributed by atoms with Crippen molar-refractivity contribution in [1.82, 2.24) is 0 Å². The third-order valence-corrected chi connectivity index (χ3v) is 11.4. The number of hydrogen-bond acceptors (Lipinski definition) is 8. The van der Waals surface area contributed by atoms with E-state index in [9.17, 15) is 19.0 Å². The third kappa shape index (κ3) is 50.2. The van der Waals surface area contributed by atoms with Gasteiger partial charge in [0, 0.05) is 19.4 Å². The quantitative estimate of drug-likeness (QED) is 0.0265. The number of phosphoric acid groups is 1. The molecule has 0 aromatic heterocycles. The lowest BCUT2D eigenvalue weighted by atomic mass is 10.1. The molecule has 65 heavy (non-hydrogen) atoms. The van der Waals surface area contributed by atoms with Gasteiger partial charge in [-0.1, -0.05) is 195 Å². The van der Waals surface area contributed by atoms with E-state index in [-0.39, 0.29) is 32.6 Å². The van der Waals surface area contributed by atoms with E-state index in [4.69, 9.17) is 24.3 Å². The molecule has 2 unspecified atom stereocenters. The van der Waals surface area contributed by atoms with Crippen LogP contribution in [0.5, 0.6) is 0 Å². The molecule has 0 spiro atoms. The Bertz CT molecular complexity index is 1380. The maximum atomic E-state index is 12.7. The molecule has 0 heterocycles. The first-order valence-electron chi connectivity index (χ1n) is 25.7. The van der Waals surface area contributed by atoms with Crippen LogP contribution in [0.1, 0.15) is 206 Å². The molecule has 372 valence electrons. The number of unbranched alkanes of at least 4 members (excludes halogenated alkanes) is 18. The van der Waals surface area contributed by atoms with Crippen molar-refractivity contribution in [3.05, 3.63) is 97.2 Å². The van der Waals surface area contributed by atoms with Gasteiger partial charge >= 0.3 is 19.8 Å². The Labute approximate surface area is 397 Å². The number of phosphoric ester groups is 1. The van der Waals surface area contributed by atoms with Gasteiger partial charge in [-0.25, -0.2) is 4.57 Å². The maximum Gasteiger partial charge on any atom is 0.472 e. The lowest BCUT2D eigenvalue weighted by Crippen LogP contribution is -2.29. The van der Waals surface area contributed by atoms with Crippen LogP contribution in [-0.2, 0) is 32.7 Å². The number of nitrogens with two attached hydrogens (primary N) is 1. The van der Waals surface area contributed by atoms with Crippen LogP contribution in [0.25, 0.3) is 0 Å². The maximum absolute atomic E-state index is 12.7. The summed E-state index contributed by atoms with van der Waals surface area (Å²) >= 11 is 0. The highest BCUT2D eigenvalue weighted by Crippen LogP contribution is 2.43. The van der Waals surface area contributed by atoms with Crippen molar-refractivity contribution < 1.29 is 37.6 Å². The molecule has 0 aliphatic carbocycles. The van der Waals surface area contributed by atoms with E-state index in [2.05, 4.69) is 111 Å². The molecule has 10 heteroatoms. The molecule has 2 atom stereocenters. The smallest absolute Gasteiger partial charge is 0.462 e. The Morgan fingerprint density at radius 1 is 0.477 bits per heavy atom. The van der Waals surface area contributed by atoms with E-state index < -0.39 is 32.5 Å². The van der Waals surface area contributed by atoms with Crippen molar-refractivity contribution in [3.63, 3.8) is 0 Å². The van der Waals surface area contributed by atoms with Crippen molar-refractivity contribution >= 4 is 19.8 Å². The highest BCUT2D eigenvalue weighted by atomic mass is 31.2. The molecule has 0 aromatic carbocycles. The summed E-state index contributed by atoms with van der Waals surface area (Å²) in [7, 11) is -4.40. The van der Waals surface area contributed by atoms with Crippen molar-refractivity contribution in [2.24, 2.45) is 5.73 Å². The fourth-order valence-electron chi connectivity index (χ4n) is 6.67. The topological polar surface area (TPSA) is 134 Å². The predicted octanol–water partition coefficient (Wildman–Crippen LogP) is 15.7. The molecule has 9 nitrogen and oxygen atoms in total. The summed E-state index contributed by atoms with van der Waals surface area (Å²) in [5.41, 5.74) is 5.37. The zero-order valence-electron chi connectivity index (χ0n) is 41.2. The van der Waals surface area contributed by atoms with Crippen LogP contribution in [-0.4, -0.2) is 49.3 Å². The van der Waals surface area contributed by atoms with Crippen LogP contribution < -0.4 is 5.73 Å². The molecule has 0 saturated heterocycles. The minimum absolute atomic E-state index is 0.0440. The van der Waals surface area contributed by atoms with Crippen LogP contribution in [0.4, 0.5) is 0 Å². The summed E-state index contributed by atoms with van der Waals surface area (Å²) in [5.74, 6) is -0.861. The Balaban J connectivity index is 4.14. The number of rotatable bonds is 47. The molecule has 0 amide bonds. The molecular formula is C55H94NO8P. The van der Waals surface area contributed by atoms with Crippen LogP contribution in [0, 0.1) is 0 Å². The summed E-state index contributed by atoms with van der Waals surface area (Å²) in [6, 6.07) is 0. The van der Waals surface area contributed by atoms with Crippen LogP contribution in [0.3, 0.4) is 0 Å². The lowest BCUT2D eigenvalue weighted by Gasteiger charge is -2.19. The van der Waals surface area contributed by atoms with E-state index in [1.807, 2.05) is 0 Å². The van der Waals surface area contributed by atoms with E-state index in [1.54, 1.807) is 0 Å². The predicted molar refractivity (Wildman–Crippen MR) is 275 cm³/mol. The fourth-order valence-corrected chi connectivity index (χ4v) is 7.43. The zero-order chi connectivity index (χ0) is 47.4.